The van der Waals surface area contributed by atoms with Crippen molar-refractivity contribution in [2.24, 2.45) is 0 Å². The molecule has 3 rings (SSSR count). The summed E-state index contributed by atoms with van der Waals surface area (Å²) in [6.45, 7) is 5.34. The lowest BCUT2D eigenvalue weighted by Crippen LogP contribution is -2.33. The molecule has 2 N–H and O–H groups in total. The van der Waals surface area contributed by atoms with E-state index in [0.717, 1.165) is 41.3 Å². The molecule has 8 heteroatoms. The van der Waals surface area contributed by atoms with Crippen LogP contribution in [0.3, 0.4) is 0 Å². The Balaban J connectivity index is 2.15. The summed E-state index contributed by atoms with van der Waals surface area (Å²) in [5.74, 6) is -4.87. The minimum absolute atomic E-state index is 0.0548. The molecule has 158 valence electrons. The second-order valence-electron chi connectivity index (χ2n) is 7.21. The summed E-state index contributed by atoms with van der Waals surface area (Å²) in [6.07, 6.45) is 0.628. The molecule has 0 saturated carbocycles. The van der Waals surface area contributed by atoms with Gasteiger partial charge >= 0.3 is 0 Å². The number of aromatic hydroxyl groups is 1. The molecule has 0 aliphatic rings. The summed E-state index contributed by atoms with van der Waals surface area (Å²) in [5, 5.41) is 13.0. The van der Waals surface area contributed by atoms with Gasteiger partial charge in [0.2, 0.25) is 5.91 Å². The highest BCUT2D eigenvalue weighted by Crippen LogP contribution is 2.32. The number of carbonyl (C=O) groups excluding carboxylic acids is 2. The van der Waals surface area contributed by atoms with Crippen LogP contribution in [0.2, 0.25) is 0 Å². The molecule has 1 atom stereocenters. The first kappa shape index (κ1) is 21.4. The fraction of sp³-hybridized carbons (Fsp3) is 0.273. The number of fused-ring (bicyclic) bond motifs is 1. The summed E-state index contributed by atoms with van der Waals surface area (Å²) in [7, 11) is 0. The fourth-order valence-electron chi connectivity index (χ4n) is 3.32. The van der Waals surface area contributed by atoms with E-state index >= 15 is 0 Å². The van der Waals surface area contributed by atoms with Gasteiger partial charge in [-0.1, -0.05) is 6.92 Å². The third-order valence-electron chi connectivity index (χ3n) is 5.13. The molecule has 5 nitrogen and oxygen atoms in total. The van der Waals surface area contributed by atoms with Gasteiger partial charge in [0.1, 0.15) is 0 Å². The molecule has 0 radical (unpaired) electrons. The Kier molecular flexibility index (Phi) is 5.87. The van der Waals surface area contributed by atoms with E-state index in [1.807, 2.05) is 13.8 Å². The van der Waals surface area contributed by atoms with Crippen LogP contribution in [-0.2, 0) is 11.2 Å². The van der Waals surface area contributed by atoms with Crippen molar-refractivity contribution < 1.29 is 27.9 Å². The van der Waals surface area contributed by atoms with Gasteiger partial charge in [-0.2, -0.15) is 0 Å². The number of hydrogen-bond acceptors (Lipinski definition) is 3. The Morgan fingerprint density at radius 1 is 1.10 bits per heavy atom. The van der Waals surface area contributed by atoms with Crippen LogP contribution in [0.15, 0.2) is 30.3 Å². The summed E-state index contributed by atoms with van der Waals surface area (Å²) in [4.78, 5) is 25.5. The average molecular weight is 418 g/mol. The van der Waals surface area contributed by atoms with Gasteiger partial charge in [-0.05, 0) is 50.1 Å². The molecule has 1 heterocycles. The number of phenols is 1. The smallest absolute Gasteiger partial charge is 0.262 e. The van der Waals surface area contributed by atoms with Crippen molar-refractivity contribution in [3.8, 4) is 5.75 Å². The van der Waals surface area contributed by atoms with Crippen LogP contribution in [0.1, 0.15) is 41.9 Å². The van der Waals surface area contributed by atoms with E-state index < -0.39 is 29.1 Å². The van der Waals surface area contributed by atoms with Gasteiger partial charge in [-0.15, -0.1) is 0 Å². The van der Waals surface area contributed by atoms with Gasteiger partial charge in [0, 0.05) is 28.8 Å². The number of hydrogen-bond donors (Lipinski definition) is 2. The molecule has 1 unspecified atom stereocenters. The number of phenolic OH excluding ortho intramolecular Hbond substituents is 1. The first-order valence-corrected chi connectivity index (χ1v) is 9.45. The van der Waals surface area contributed by atoms with E-state index in [1.165, 1.54) is 0 Å². The molecule has 1 aromatic heterocycles. The number of halogens is 3. The van der Waals surface area contributed by atoms with Gasteiger partial charge in [0.25, 0.3) is 5.91 Å². The number of benzene rings is 2. The van der Waals surface area contributed by atoms with Crippen LogP contribution in [0.4, 0.5) is 13.2 Å². The summed E-state index contributed by atoms with van der Waals surface area (Å²) in [6, 6.07) is 4.79. The highest BCUT2D eigenvalue weighted by molar-refractivity contribution is 6.05. The predicted molar refractivity (Wildman–Crippen MR) is 106 cm³/mol. The second kappa shape index (κ2) is 8.22. The van der Waals surface area contributed by atoms with Crippen molar-refractivity contribution in [1.29, 1.82) is 0 Å². The molecule has 0 bridgehead atoms. The number of carbonyl (C=O) groups is 2. The summed E-state index contributed by atoms with van der Waals surface area (Å²) in [5.41, 5.74) is 0.739. The van der Waals surface area contributed by atoms with Crippen molar-refractivity contribution in [3.05, 3.63) is 64.6 Å². The molecule has 0 aliphatic carbocycles. The lowest BCUT2D eigenvalue weighted by molar-refractivity contribution is -0.121. The SMILES string of the molecule is CCC(C)NC(=O)Cc1c(C)n(C(=O)c2ccc(F)c(F)c2)c2cc(F)c(O)cc12. The Morgan fingerprint density at radius 3 is 2.43 bits per heavy atom. The molecule has 0 aliphatic heterocycles. The zero-order valence-electron chi connectivity index (χ0n) is 16.7. The van der Waals surface area contributed by atoms with Crippen LogP contribution in [0, 0.1) is 24.4 Å². The van der Waals surface area contributed by atoms with Crippen LogP contribution in [0.25, 0.3) is 10.9 Å². The molecule has 3 aromatic rings. The Labute approximate surface area is 171 Å². The quantitative estimate of drug-likeness (QED) is 0.652. The van der Waals surface area contributed by atoms with Crippen LogP contribution in [0.5, 0.6) is 5.75 Å². The molecular weight excluding hydrogens is 397 g/mol. The molecule has 2 aromatic carbocycles. The average Bonchev–Trinajstić information content (AvgIpc) is 2.94. The van der Waals surface area contributed by atoms with E-state index in [1.54, 1.807) is 6.92 Å². The Bertz CT molecular complexity index is 1150. The highest BCUT2D eigenvalue weighted by Gasteiger charge is 2.24. The first-order valence-electron chi connectivity index (χ1n) is 9.45. The number of amides is 1. The van der Waals surface area contributed by atoms with Crippen molar-refractivity contribution >= 4 is 22.7 Å². The van der Waals surface area contributed by atoms with Crippen LogP contribution >= 0.6 is 0 Å². The lowest BCUT2D eigenvalue weighted by Gasteiger charge is -2.12. The highest BCUT2D eigenvalue weighted by atomic mass is 19.2. The molecule has 0 saturated heterocycles. The minimum Gasteiger partial charge on any atom is -0.505 e. The van der Waals surface area contributed by atoms with Crippen molar-refractivity contribution in [2.45, 2.75) is 39.7 Å². The minimum atomic E-state index is -1.19. The maximum Gasteiger partial charge on any atom is 0.262 e. The van der Waals surface area contributed by atoms with Gasteiger partial charge in [-0.3, -0.25) is 14.2 Å². The maximum atomic E-state index is 14.1. The van der Waals surface area contributed by atoms with E-state index in [9.17, 15) is 27.9 Å². The molecule has 0 fully saturated rings. The Morgan fingerprint density at radius 2 is 1.80 bits per heavy atom. The zero-order chi connectivity index (χ0) is 22.2. The zero-order valence-corrected chi connectivity index (χ0v) is 16.7. The molecular formula is C22H21F3N2O3. The van der Waals surface area contributed by atoms with E-state index in [-0.39, 0.29) is 29.4 Å². The topological polar surface area (TPSA) is 71.3 Å². The van der Waals surface area contributed by atoms with E-state index in [2.05, 4.69) is 5.32 Å². The number of rotatable bonds is 5. The third-order valence-corrected chi connectivity index (χ3v) is 5.13. The van der Waals surface area contributed by atoms with Gasteiger partial charge in [0.05, 0.1) is 11.9 Å². The van der Waals surface area contributed by atoms with Crippen LogP contribution in [-0.4, -0.2) is 27.5 Å². The van der Waals surface area contributed by atoms with E-state index in [0.29, 0.717) is 16.6 Å². The largest absolute Gasteiger partial charge is 0.505 e. The lowest BCUT2D eigenvalue weighted by atomic mass is 10.1. The van der Waals surface area contributed by atoms with Gasteiger partial charge < -0.3 is 10.4 Å². The summed E-state index contributed by atoms with van der Waals surface area (Å²) >= 11 is 0. The van der Waals surface area contributed by atoms with Gasteiger partial charge in [-0.25, -0.2) is 13.2 Å². The van der Waals surface area contributed by atoms with Crippen LogP contribution < -0.4 is 5.32 Å². The molecule has 1 amide bonds. The first-order chi connectivity index (χ1) is 14.1. The number of nitrogens with zero attached hydrogens (tertiary/aromatic N) is 1. The normalized spacial score (nSPS) is 12.2. The second-order valence-corrected chi connectivity index (χ2v) is 7.21. The van der Waals surface area contributed by atoms with E-state index in [4.69, 9.17) is 0 Å². The van der Waals surface area contributed by atoms with Gasteiger partial charge in [0.15, 0.2) is 23.2 Å². The number of aromatic nitrogens is 1. The standard InChI is InChI=1S/C22H21F3N2O3/c1-4-11(2)26-21(29)9-14-12(3)27(19-10-18(25)20(28)8-15(14)19)22(30)13-5-6-16(23)17(24)7-13/h5-8,10-11,28H,4,9H2,1-3H3,(H,26,29). The number of nitrogens with one attached hydrogen (secondary N) is 1. The third kappa shape index (κ3) is 3.90. The molecule has 0 spiro atoms. The Hall–Kier alpha value is -3.29. The fourth-order valence-corrected chi connectivity index (χ4v) is 3.32. The maximum absolute atomic E-state index is 14.1. The van der Waals surface area contributed by atoms with Crippen molar-refractivity contribution in [1.82, 2.24) is 9.88 Å². The summed E-state index contributed by atoms with van der Waals surface area (Å²) < 4.78 is 42.1. The van der Waals surface area contributed by atoms with Crippen molar-refractivity contribution in [2.75, 3.05) is 0 Å². The van der Waals surface area contributed by atoms with Crippen molar-refractivity contribution in [3.63, 3.8) is 0 Å². The monoisotopic (exact) mass is 418 g/mol. The molecule has 30 heavy (non-hydrogen) atoms. The predicted octanol–water partition coefficient (Wildman–Crippen LogP) is 4.22.